The first-order valence-electron chi connectivity index (χ1n) is 20.3. The second-order valence-electron chi connectivity index (χ2n) is 15.7. The highest BCUT2D eigenvalue weighted by Gasteiger charge is 2.24. The molecule has 0 aliphatic rings. The van der Waals surface area contributed by atoms with Gasteiger partial charge in [-0.25, -0.2) is 19.9 Å². The molecule has 0 atom stereocenters. The third kappa shape index (κ3) is 7.96. The highest BCUT2D eigenvalue weighted by molar-refractivity contribution is 5.76. The van der Waals surface area contributed by atoms with Crippen molar-refractivity contribution in [3.05, 3.63) is 223 Å². The van der Waals surface area contributed by atoms with Gasteiger partial charge >= 0.3 is 0 Å². The van der Waals surface area contributed by atoms with Crippen molar-refractivity contribution >= 4 is 5.57 Å². The van der Waals surface area contributed by atoms with Gasteiger partial charge < -0.3 is 0 Å². The summed E-state index contributed by atoms with van der Waals surface area (Å²) in [7, 11) is 0. The Morgan fingerprint density at radius 2 is 0.633 bits per heavy atom. The molecule has 4 nitrogen and oxygen atoms in total. The van der Waals surface area contributed by atoms with Crippen molar-refractivity contribution in [3.63, 3.8) is 0 Å². The van der Waals surface area contributed by atoms with Gasteiger partial charge in [-0.1, -0.05) is 214 Å². The van der Waals surface area contributed by atoms with E-state index in [-0.39, 0.29) is 5.41 Å². The van der Waals surface area contributed by atoms with Crippen molar-refractivity contribution < 1.29 is 0 Å². The average molecular weight is 773 g/mol. The fourth-order valence-electron chi connectivity index (χ4n) is 7.59. The van der Waals surface area contributed by atoms with Crippen LogP contribution >= 0.6 is 0 Å². The van der Waals surface area contributed by atoms with Crippen LogP contribution in [0, 0.1) is 0 Å². The van der Waals surface area contributed by atoms with Gasteiger partial charge in [0.05, 0.1) is 22.8 Å². The molecule has 4 heteroatoms. The van der Waals surface area contributed by atoms with Crippen LogP contribution in [0.25, 0.3) is 84.5 Å². The van der Waals surface area contributed by atoms with E-state index in [9.17, 15) is 0 Å². The Hall–Kier alpha value is -7.56. The molecule has 0 aliphatic heterocycles. The van der Waals surface area contributed by atoms with E-state index in [4.69, 9.17) is 19.9 Å². The van der Waals surface area contributed by atoms with Gasteiger partial charge in [-0.3, -0.25) is 0 Å². The van der Waals surface area contributed by atoms with Gasteiger partial charge in [0.15, 0.2) is 11.6 Å². The molecule has 288 valence electrons. The Labute approximate surface area is 352 Å². The summed E-state index contributed by atoms with van der Waals surface area (Å²) >= 11 is 0. The summed E-state index contributed by atoms with van der Waals surface area (Å²) in [6, 6.07) is 69.6. The Bertz CT molecular complexity index is 2900. The van der Waals surface area contributed by atoms with Gasteiger partial charge in [-0.2, -0.15) is 0 Å². The minimum atomic E-state index is -0.279. The Kier molecular flexibility index (Phi) is 10.4. The van der Waals surface area contributed by atoms with Crippen LogP contribution < -0.4 is 0 Å². The van der Waals surface area contributed by atoms with Crippen molar-refractivity contribution in [1.82, 2.24) is 19.9 Å². The number of hydrogen-bond donors (Lipinski definition) is 0. The zero-order valence-corrected chi connectivity index (χ0v) is 34.0. The molecule has 2 aromatic heterocycles. The average Bonchev–Trinajstić information content (AvgIpc) is 3.32. The van der Waals surface area contributed by atoms with Crippen molar-refractivity contribution in [2.45, 2.75) is 26.2 Å². The third-order valence-corrected chi connectivity index (χ3v) is 11.3. The zero-order valence-electron chi connectivity index (χ0n) is 34.0. The molecular formula is C56H44N4. The molecule has 9 rings (SSSR count). The van der Waals surface area contributed by atoms with Crippen LogP contribution in [0.3, 0.4) is 0 Å². The topological polar surface area (TPSA) is 51.6 Å². The fraction of sp³-hybridized carbons (Fsp3) is 0.0714. The lowest BCUT2D eigenvalue weighted by Crippen LogP contribution is -2.18. The monoisotopic (exact) mass is 772 g/mol. The highest BCUT2D eigenvalue weighted by atomic mass is 14.9. The highest BCUT2D eigenvalue weighted by Crippen LogP contribution is 2.36. The number of benzene rings is 7. The van der Waals surface area contributed by atoms with Gasteiger partial charge in [0.25, 0.3) is 0 Å². The number of rotatable bonds is 10. The second kappa shape index (κ2) is 16.4. The Balaban J connectivity index is 1.01. The molecule has 0 bridgehead atoms. The summed E-state index contributed by atoms with van der Waals surface area (Å²) in [5.41, 5.74) is 16.3. The largest absolute Gasteiger partial charge is 0.228 e. The predicted molar refractivity (Wildman–Crippen MR) is 249 cm³/mol. The number of nitrogens with zero attached hydrogens (tertiary/aromatic N) is 4. The van der Waals surface area contributed by atoms with Crippen LogP contribution in [0.1, 0.15) is 37.5 Å². The van der Waals surface area contributed by atoms with Crippen LogP contribution in [-0.2, 0) is 5.41 Å². The van der Waals surface area contributed by atoms with E-state index in [0.717, 1.165) is 67.3 Å². The molecule has 9 aromatic rings. The van der Waals surface area contributed by atoms with Crippen LogP contribution in [0.5, 0.6) is 0 Å². The summed E-state index contributed by atoms with van der Waals surface area (Å²) in [6.07, 6.45) is 0. The quantitative estimate of drug-likeness (QED) is 0.139. The lowest BCUT2D eigenvalue weighted by Gasteiger charge is -2.26. The Morgan fingerprint density at radius 1 is 0.350 bits per heavy atom. The fourth-order valence-corrected chi connectivity index (χ4v) is 7.59. The molecule has 0 amide bonds. The van der Waals surface area contributed by atoms with E-state index in [1.165, 1.54) is 22.3 Å². The first-order valence-corrected chi connectivity index (χ1v) is 20.3. The van der Waals surface area contributed by atoms with Crippen LogP contribution in [0.15, 0.2) is 207 Å². The minimum Gasteiger partial charge on any atom is -0.228 e. The van der Waals surface area contributed by atoms with E-state index in [2.05, 4.69) is 178 Å². The minimum absolute atomic E-state index is 0.279. The van der Waals surface area contributed by atoms with Crippen molar-refractivity contribution in [2.75, 3.05) is 0 Å². The molecule has 60 heavy (non-hydrogen) atoms. The van der Waals surface area contributed by atoms with Gasteiger partial charge in [0, 0.05) is 38.8 Å². The molecule has 7 aromatic carbocycles. The first-order chi connectivity index (χ1) is 29.3. The summed E-state index contributed by atoms with van der Waals surface area (Å²) in [5.74, 6) is 1.38. The van der Waals surface area contributed by atoms with Gasteiger partial charge in [0.1, 0.15) is 0 Å². The predicted octanol–water partition coefficient (Wildman–Crippen LogP) is 14.3. The van der Waals surface area contributed by atoms with Crippen LogP contribution in [0.4, 0.5) is 0 Å². The molecule has 0 N–H and O–H groups in total. The Morgan fingerprint density at radius 3 is 1.00 bits per heavy atom. The molecule has 0 unspecified atom stereocenters. The normalized spacial score (nSPS) is 11.3. The molecular weight excluding hydrogens is 729 g/mol. The smallest absolute Gasteiger partial charge is 0.160 e. The second-order valence-corrected chi connectivity index (χ2v) is 15.7. The summed E-state index contributed by atoms with van der Waals surface area (Å²) in [4.78, 5) is 20.4. The molecule has 0 saturated carbocycles. The summed E-state index contributed by atoms with van der Waals surface area (Å²) in [5, 5.41) is 0. The maximum atomic E-state index is 5.13. The van der Waals surface area contributed by atoms with Crippen molar-refractivity contribution in [1.29, 1.82) is 0 Å². The summed E-state index contributed by atoms with van der Waals surface area (Å²) in [6.45, 7) is 10.6. The number of aromatic nitrogens is 4. The van der Waals surface area contributed by atoms with Crippen molar-refractivity contribution in [2.24, 2.45) is 0 Å². The molecule has 0 aliphatic carbocycles. The maximum absolute atomic E-state index is 5.13. The van der Waals surface area contributed by atoms with E-state index >= 15 is 0 Å². The zero-order chi connectivity index (χ0) is 41.1. The van der Waals surface area contributed by atoms with E-state index < -0.39 is 0 Å². The molecule has 2 heterocycles. The van der Waals surface area contributed by atoms with E-state index in [0.29, 0.717) is 11.6 Å². The maximum Gasteiger partial charge on any atom is 0.160 e. The van der Waals surface area contributed by atoms with Crippen LogP contribution in [-0.4, -0.2) is 19.9 Å². The van der Waals surface area contributed by atoms with Gasteiger partial charge in [-0.05, 0) is 46.9 Å². The first kappa shape index (κ1) is 38.0. The number of hydrogen-bond acceptors (Lipinski definition) is 4. The lowest BCUT2D eigenvalue weighted by atomic mass is 9.77. The van der Waals surface area contributed by atoms with E-state index in [1.807, 2.05) is 49.4 Å². The molecule has 0 fully saturated rings. The molecule has 0 spiro atoms. The van der Waals surface area contributed by atoms with Crippen molar-refractivity contribution in [3.8, 4) is 78.9 Å². The van der Waals surface area contributed by atoms with Gasteiger partial charge in [0.2, 0.25) is 0 Å². The third-order valence-electron chi connectivity index (χ3n) is 11.3. The molecule has 0 saturated heterocycles. The van der Waals surface area contributed by atoms with E-state index in [1.54, 1.807) is 0 Å². The lowest BCUT2D eigenvalue weighted by molar-refractivity contribution is 0.641. The standard InChI is InChI=1S/C56H44N4/c1-38(2)39-20-24-44(25-21-39)52-36-50(42-16-10-6-11-17-42)57-54(59-52)46-28-32-48(33-29-46)56(3,4)49-34-30-47(31-35-49)55-58-51(43-18-12-7-13-19-43)37-53(60-55)45-26-22-41(23-27-45)40-14-8-5-9-15-40/h5-37H,1H2,2-4H3. The summed E-state index contributed by atoms with van der Waals surface area (Å²) < 4.78 is 0. The van der Waals surface area contributed by atoms with Crippen LogP contribution in [0.2, 0.25) is 0 Å². The molecule has 0 radical (unpaired) electrons. The number of allylic oxidation sites excluding steroid dienone is 1. The van der Waals surface area contributed by atoms with Gasteiger partial charge in [-0.15, -0.1) is 0 Å². The SMILES string of the molecule is C=C(C)c1ccc(-c2cc(-c3ccccc3)nc(-c3ccc(C(C)(C)c4ccc(-c5nc(-c6ccccc6)cc(-c6ccc(-c7ccccc7)cc6)n5)cc4)cc3)n2)cc1.